The molecule has 1 aliphatic heterocycles. The maximum absolute atomic E-state index is 13.7. The molecule has 1 aromatic rings. The number of rotatable bonds is 2. The topological polar surface area (TPSA) is 29.3 Å². The fraction of sp³-hybridized carbons (Fsp3) is 0.571. The summed E-state index contributed by atoms with van der Waals surface area (Å²) in [6.45, 7) is 7.39. The molecule has 94 valence electrons. The van der Waals surface area contributed by atoms with Crippen molar-refractivity contribution in [1.29, 1.82) is 0 Å². The van der Waals surface area contributed by atoms with E-state index in [-0.39, 0.29) is 5.82 Å². The van der Waals surface area contributed by atoms with E-state index >= 15 is 0 Å². The fourth-order valence-corrected chi connectivity index (χ4v) is 2.43. The molecule has 2 atom stereocenters. The van der Waals surface area contributed by atoms with Crippen LogP contribution in [0.2, 0.25) is 0 Å². The molecular weight excluding hydrogens is 215 g/mol. The summed E-state index contributed by atoms with van der Waals surface area (Å²) in [7, 11) is 0. The van der Waals surface area contributed by atoms with Gasteiger partial charge in [0.05, 0.1) is 0 Å². The zero-order valence-electron chi connectivity index (χ0n) is 10.6. The number of benzene rings is 1. The van der Waals surface area contributed by atoms with Gasteiger partial charge in [-0.2, -0.15) is 0 Å². The van der Waals surface area contributed by atoms with Crippen LogP contribution in [-0.2, 0) is 6.54 Å². The van der Waals surface area contributed by atoms with Crippen LogP contribution in [0.15, 0.2) is 18.2 Å². The van der Waals surface area contributed by atoms with Crippen molar-refractivity contribution in [2.24, 2.45) is 11.8 Å². The summed E-state index contributed by atoms with van der Waals surface area (Å²) in [6, 6.07) is 4.98. The number of piperidine rings is 1. The monoisotopic (exact) mass is 236 g/mol. The molecule has 0 amide bonds. The number of likely N-dealkylation sites (tertiary alicyclic amines) is 1. The molecule has 1 aliphatic rings. The van der Waals surface area contributed by atoms with Crippen LogP contribution in [-0.4, -0.2) is 18.0 Å². The van der Waals surface area contributed by atoms with E-state index in [1.807, 2.05) is 0 Å². The molecule has 1 heterocycles. The van der Waals surface area contributed by atoms with Crippen molar-refractivity contribution in [3.8, 4) is 0 Å². The van der Waals surface area contributed by atoms with Gasteiger partial charge in [0.1, 0.15) is 5.82 Å². The van der Waals surface area contributed by atoms with E-state index in [1.54, 1.807) is 12.1 Å². The van der Waals surface area contributed by atoms with Gasteiger partial charge < -0.3 is 5.73 Å². The number of hydrogen-bond donors (Lipinski definition) is 1. The molecule has 1 saturated heterocycles. The lowest BCUT2D eigenvalue weighted by molar-refractivity contribution is 0.131. The summed E-state index contributed by atoms with van der Waals surface area (Å²) in [5, 5.41) is 0. The van der Waals surface area contributed by atoms with E-state index in [4.69, 9.17) is 5.73 Å². The Bertz CT molecular complexity index is 392. The SMILES string of the molecule is CC1CCN(Cc2ccc(N)cc2F)CC1C. The van der Waals surface area contributed by atoms with Gasteiger partial charge in [0, 0.05) is 24.3 Å². The maximum atomic E-state index is 13.7. The molecule has 0 saturated carbocycles. The van der Waals surface area contributed by atoms with Gasteiger partial charge in [-0.1, -0.05) is 19.9 Å². The zero-order chi connectivity index (χ0) is 12.4. The normalized spacial score (nSPS) is 26.1. The minimum atomic E-state index is -0.184. The number of nitrogens with zero attached hydrogens (tertiary/aromatic N) is 1. The summed E-state index contributed by atoms with van der Waals surface area (Å²) < 4.78 is 13.7. The minimum Gasteiger partial charge on any atom is -0.399 e. The summed E-state index contributed by atoms with van der Waals surface area (Å²) in [6.07, 6.45) is 1.21. The van der Waals surface area contributed by atoms with Crippen molar-refractivity contribution in [1.82, 2.24) is 4.90 Å². The van der Waals surface area contributed by atoms with E-state index < -0.39 is 0 Å². The van der Waals surface area contributed by atoms with Crippen molar-refractivity contribution in [2.45, 2.75) is 26.8 Å². The largest absolute Gasteiger partial charge is 0.399 e. The summed E-state index contributed by atoms with van der Waals surface area (Å²) in [5.41, 5.74) is 6.79. The maximum Gasteiger partial charge on any atom is 0.129 e. The first-order valence-corrected chi connectivity index (χ1v) is 6.32. The fourth-order valence-electron chi connectivity index (χ4n) is 2.43. The highest BCUT2D eigenvalue weighted by atomic mass is 19.1. The third-order valence-corrected chi connectivity index (χ3v) is 3.89. The Morgan fingerprint density at radius 2 is 2.12 bits per heavy atom. The second kappa shape index (κ2) is 5.05. The summed E-state index contributed by atoms with van der Waals surface area (Å²) in [5.74, 6) is 1.29. The van der Waals surface area contributed by atoms with Gasteiger partial charge in [-0.25, -0.2) is 4.39 Å². The second-order valence-electron chi connectivity index (χ2n) is 5.33. The van der Waals surface area contributed by atoms with Crippen LogP contribution in [0.25, 0.3) is 0 Å². The van der Waals surface area contributed by atoms with Gasteiger partial charge in [-0.05, 0) is 36.9 Å². The van der Waals surface area contributed by atoms with E-state index in [0.717, 1.165) is 24.6 Å². The highest BCUT2D eigenvalue weighted by Crippen LogP contribution is 2.24. The number of halogens is 1. The molecule has 0 aromatic heterocycles. The average molecular weight is 236 g/mol. The summed E-state index contributed by atoms with van der Waals surface area (Å²) >= 11 is 0. The van der Waals surface area contributed by atoms with Crippen molar-refractivity contribution >= 4 is 5.69 Å². The number of nitrogen functional groups attached to an aromatic ring is 1. The van der Waals surface area contributed by atoms with Crippen molar-refractivity contribution in [2.75, 3.05) is 18.8 Å². The molecule has 0 spiro atoms. The number of nitrogens with two attached hydrogens (primary N) is 1. The van der Waals surface area contributed by atoms with Crippen molar-refractivity contribution in [3.05, 3.63) is 29.6 Å². The first-order valence-electron chi connectivity index (χ1n) is 6.32. The van der Waals surface area contributed by atoms with E-state index in [9.17, 15) is 4.39 Å². The van der Waals surface area contributed by atoms with E-state index in [0.29, 0.717) is 18.2 Å². The Labute approximate surface area is 103 Å². The van der Waals surface area contributed by atoms with E-state index in [2.05, 4.69) is 18.7 Å². The Balaban J connectivity index is 2.01. The van der Waals surface area contributed by atoms with E-state index in [1.165, 1.54) is 12.5 Å². The Morgan fingerprint density at radius 3 is 2.76 bits per heavy atom. The van der Waals surface area contributed by atoms with Crippen LogP contribution < -0.4 is 5.73 Å². The zero-order valence-corrected chi connectivity index (χ0v) is 10.6. The molecule has 2 N–H and O–H groups in total. The van der Waals surface area contributed by atoms with Crippen LogP contribution in [0.4, 0.5) is 10.1 Å². The summed E-state index contributed by atoms with van der Waals surface area (Å²) in [4.78, 5) is 2.33. The molecular formula is C14H21FN2. The first-order chi connectivity index (χ1) is 8.06. The van der Waals surface area contributed by atoms with Gasteiger partial charge in [-0.3, -0.25) is 4.90 Å². The lowest BCUT2D eigenvalue weighted by Crippen LogP contribution is -2.38. The third-order valence-electron chi connectivity index (χ3n) is 3.89. The van der Waals surface area contributed by atoms with Gasteiger partial charge >= 0.3 is 0 Å². The standard InChI is InChI=1S/C14H21FN2/c1-10-5-6-17(8-11(10)2)9-12-3-4-13(16)7-14(12)15/h3-4,7,10-11H,5-6,8-9,16H2,1-2H3. The number of hydrogen-bond acceptors (Lipinski definition) is 2. The number of anilines is 1. The predicted molar refractivity (Wildman–Crippen MR) is 69.0 cm³/mol. The van der Waals surface area contributed by atoms with Crippen LogP contribution in [0.3, 0.4) is 0 Å². The van der Waals surface area contributed by atoms with Crippen molar-refractivity contribution < 1.29 is 4.39 Å². The van der Waals surface area contributed by atoms with Crippen molar-refractivity contribution in [3.63, 3.8) is 0 Å². The molecule has 3 heteroatoms. The lowest BCUT2D eigenvalue weighted by atomic mass is 9.88. The molecule has 17 heavy (non-hydrogen) atoms. The van der Waals surface area contributed by atoms with Crippen LogP contribution >= 0.6 is 0 Å². The van der Waals surface area contributed by atoms with Gasteiger partial charge in [0.15, 0.2) is 0 Å². The van der Waals surface area contributed by atoms with Crippen LogP contribution in [0.1, 0.15) is 25.8 Å². The molecule has 2 unspecified atom stereocenters. The Kier molecular flexibility index (Phi) is 3.67. The Hall–Kier alpha value is -1.09. The predicted octanol–water partition coefficient (Wildman–Crippen LogP) is 2.89. The average Bonchev–Trinajstić information content (AvgIpc) is 2.27. The van der Waals surface area contributed by atoms with Crippen LogP contribution in [0, 0.1) is 17.7 Å². The first kappa shape index (κ1) is 12.4. The quantitative estimate of drug-likeness (QED) is 0.800. The third kappa shape index (κ3) is 2.97. The van der Waals surface area contributed by atoms with Gasteiger partial charge in [0.25, 0.3) is 0 Å². The lowest BCUT2D eigenvalue weighted by Gasteiger charge is -2.35. The van der Waals surface area contributed by atoms with Crippen LogP contribution in [0.5, 0.6) is 0 Å². The Morgan fingerprint density at radius 1 is 1.35 bits per heavy atom. The second-order valence-corrected chi connectivity index (χ2v) is 5.33. The van der Waals surface area contributed by atoms with Gasteiger partial charge in [0.2, 0.25) is 0 Å². The minimum absolute atomic E-state index is 0.184. The molecule has 1 aromatic carbocycles. The highest BCUT2D eigenvalue weighted by Gasteiger charge is 2.23. The molecule has 0 bridgehead atoms. The highest BCUT2D eigenvalue weighted by molar-refractivity contribution is 5.40. The molecule has 1 fully saturated rings. The molecule has 2 rings (SSSR count). The van der Waals surface area contributed by atoms with Gasteiger partial charge in [-0.15, -0.1) is 0 Å². The molecule has 0 aliphatic carbocycles. The molecule has 0 radical (unpaired) electrons. The molecule has 2 nitrogen and oxygen atoms in total. The smallest absolute Gasteiger partial charge is 0.129 e.